The van der Waals surface area contributed by atoms with Crippen LogP contribution in [0.1, 0.15) is 25.0 Å². The van der Waals surface area contributed by atoms with Crippen molar-refractivity contribution in [2.75, 3.05) is 7.11 Å². The van der Waals surface area contributed by atoms with Crippen LogP contribution < -0.4 is 5.32 Å². The van der Waals surface area contributed by atoms with Crippen LogP contribution in [0.25, 0.3) is 0 Å². The number of rotatable bonds is 7. The third-order valence-corrected chi connectivity index (χ3v) is 3.12. The Kier molecular flexibility index (Phi) is 6.37. The van der Waals surface area contributed by atoms with Crippen LogP contribution in [0.15, 0.2) is 30.3 Å². The number of benzene rings is 1. The summed E-state index contributed by atoms with van der Waals surface area (Å²) in [6.45, 7) is 1.60. The molecule has 6 nitrogen and oxygen atoms in total. The number of carbonyl (C=O) groups is 2. The highest BCUT2D eigenvalue weighted by molar-refractivity contribution is 5.87. The van der Waals surface area contributed by atoms with E-state index >= 15 is 0 Å². The Balaban J connectivity index is 2.85. The fourth-order valence-corrected chi connectivity index (χ4v) is 1.96. The number of hydrogen-bond donors (Lipinski definition) is 2. The van der Waals surface area contributed by atoms with E-state index in [1.165, 1.54) is 7.11 Å². The third-order valence-electron chi connectivity index (χ3n) is 3.12. The SMILES string of the molecule is CO[C@@H](C(=O)N[C@H](C(=O)O)[C@@H](C)CC#N)c1ccccc1. The molecule has 1 aromatic carbocycles. The topological polar surface area (TPSA) is 99.4 Å². The molecule has 0 radical (unpaired) electrons. The Morgan fingerprint density at radius 1 is 1.38 bits per heavy atom. The molecule has 6 heteroatoms. The number of methoxy groups -OCH3 is 1. The first-order chi connectivity index (χ1) is 10.0. The van der Waals surface area contributed by atoms with E-state index in [9.17, 15) is 14.7 Å². The lowest BCUT2D eigenvalue weighted by atomic mass is 9.98. The normalized spacial score (nSPS) is 14.5. The van der Waals surface area contributed by atoms with E-state index in [1.807, 2.05) is 12.1 Å². The number of carboxylic acid groups (broad SMARTS) is 1. The minimum absolute atomic E-state index is 0.0419. The average Bonchev–Trinajstić information content (AvgIpc) is 2.46. The molecule has 112 valence electrons. The second-order valence-corrected chi connectivity index (χ2v) is 4.69. The van der Waals surface area contributed by atoms with Crippen molar-refractivity contribution in [3.63, 3.8) is 0 Å². The van der Waals surface area contributed by atoms with Crippen LogP contribution in [-0.2, 0) is 14.3 Å². The van der Waals surface area contributed by atoms with E-state index in [0.717, 1.165) is 0 Å². The summed E-state index contributed by atoms with van der Waals surface area (Å²) in [7, 11) is 1.38. The van der Waals surface area contributed by atoms with Crippen LogP contribution in [0.5, 0.6) is 0 Å². The van der Waals surface area contributed by atoms with Gasteiger partial charge in [0.1, 0.15) is 6.04 Å². The Morgan fingerprint density at radius 2 is 2.00 bits per heavy atom. The standard InChI is InChI=1S/C15H18N2O4/c1-10(8-9-16)12(15(19)20)17-14(18)13(21-2)11-6-4-3-5-7-11/h3-7,10,12-13H,8H2,1-2H3,(H,17,18)(H,19,20)/t10-,12-,13+/m0/s1. The summed E-state index contributed by atoms with van der Waals surface area (Å²) >= 11 is 0. The van der Waals surface area contributed by atoms with Crippen LogP contribution in [0, 0.1) is 17.2 Å². The van der Waals surface area contributed by atoms with Gasteiger partial charge in [-0.2, -0.15) is 5.26 Å². The van der Waals surface area contributed by atoms with Gasteiger partial charge in [0.05, 0.1) is 6.07 Å². The number of ether oxygens (including phenoxy) is 1. The number of nitriles is 1. The second kappa shape index (κ2) is 8.02. The minimum Gasteiger partial charge on any atom is -0.480 e. The minimum atomic E-state index is -1.17. The highest BCUT2D eigenvalue weighted by Gasteiger charge is 2.30. The Morgan fingerprint density at radius 3 is 2.48 bits per heavy atom. The molecule has 0 unspecified atom stereocenters. The van der Waals surface area contributed by atoms with Gasteiger partial charge in [0.15, 0.2) is 6.10 Å². The number of hydrogen-bond acceptors (Lipinski definition) is 4. The number of carbonyl (C=O) groups excluding carboxylic acids is 1. The van der Waals surface area contributed by atoms with Gasteiger partial charge in [0.25, 0.3) is 5.91 Å². The second-order valence-electron chi connectivity index (χ2n) is 4.69. The zero-order valence-electron chi connectivity index (χ0n) is 11.9. The van der Waals surface area contributed by atoms with E-state index < -0.39 is 29.9 Å². The predicted octanol–water partition coefficient (Wildman–Crippen LogP) is 1.49. The fraction of sp³-hybridized carbons (Fsp3) is 0.400. The maximum absolute atomic E-state index is 12.2. The molecule has 0 bridgehead atoms. The predicted molar refractivity (Wildman–Crippen MR) is 75.2 cm³/mol. The van der Waals surface area contributed by atoms with Gasteiger partial charge in [0, 0.05) is 19.4 Å². The lowest BCUT2D eigenvalue weighted by molar-refractivity contribution is -0.145. The van der Waals surface area contributed by atoms with Gasteiger partial charge in [-0.15, -0.1) is 0 Å². The summed E-state index contributed by atoms with van der Waals surface area (Å²) in [6.07, 6.45) is -0.845. The summed E-state index contributed by atoms with van der Waals surface area (Å²) < 4.78 is 5.15. The smallest absolute Gasteiger partial charge is 0.326 e. The van der Waals surface area contributed by atoms with Gasteiger partial charge in [-0.1, -0.05) is 37.3 Å². The van der Waals surface area contributed by atoms with Gasteiger partial charge in [0.2, 0.25) is 0 Å². The molecule has 0 saturated heterocycles. The number of aliphatic carboxylic acids is 1. The van der Waals surface area contributed by atoms with Crippen molar-refractivity contribution in [1.82, 2.24) is 5.32 Å². The molecule has 1 rings (SSSR count). The van der Waals surface area contributed by atoms with Crippen LogP contribution in [-0.4, -0.2) is 30.1 Å². The summed E-state index contributed by atoms with van der Waals surface area (Å²) in [5.74, 6) is -2.21. The Hall–Kier alpha value is -2.39. The molecule has 1 aromatic rings. The molecular weight excluding hydrogens is 272 g/mol. The Labute approximate surface area is 123 Å². The highest BCUT2D eigenvalue weighted by atomic mass is 16.5. The van der Waals surface area contributed by atoms with Gasteiger partial charge >= 0.3 is 5.97 Å². The number of nitrogens with one attached hydrogen (secondary N) is 1. The molecule has 0 aliphatic carbocycles. The summed E-state index contributed by atoms with van der Waals surface area (Å²) in [5, 5.41) is 20.3. The molecule has 3 atom stereocenters. The van der Waals surface area contributed by atoms with Crippen LogP contribution in [0.3, 0.4) is 0 Å². The maximum Gasteiger partial charge on any atom is 0.326 e. The van der Waals surface area contributed by atoms with E-state index in [0.29, 0.717) is 5.56 Å². The zero-order chi connectivity index (χ0) is 15.8. The summed E-state index contributed by atoms with van der Waals surface area (Å²) in [4.78, 5) is 23.4. The van der Waals surface area contributed by atoms with Crippen molar-refractivity contribution in [2.45, 2.75) is 25.5 Å². The molecule has 0 saturated carbocycles. The van der Waals surface area contributed by atoms with Crippen LogP contribution >= 0.6 is 0 Å². The molecule has 1 amide bonds. The molecule has 0 aliphatic heterocycles. The monoisotopic (exact) mass is 290 g/mol. The lowest BCUT2D eigenvalue weighted by Gasteiger charge is -2.22. The Bertz CT molecular complexity index is 524. The lowest BCUT2D eigenvalue weighted by Crippen LogP contribution is -2.47. The maximum atomic E-state index is 12.2. The molecule has 2 N–H and O–H groups in total. The number of carboxylic acids is 1. The van der Waals surface area contributed by atoms with Gasteiger partial charge in [-0.25, -0.2) is 4.79 Å². The fourth-order valence-electron chi connectivity index (χ4n) is 1.96. The van der Waals surface area contributed by atoms with E-state index in [2.05, 4.69) is 5.32 Å². The first kappa shape index (κ1) is 16.7. The van der Waals surface area contributed by atoms with Gasteiger partial charge < -0.3 is 15.2 Å². The summed E-state index contributed by atoms with van der Waals surface area (Å²) in [5.41, 5.74) is 0.634. The molecule has 0 heterocycles. The van der Waals surface area contributed by atoms with Gasteiger partial charge in [-0.3, -0.25) is 4.79 Å². The molecule has 21 heavy (non-hydrogen) atoms. The van der Waals surface area contributed by atoms with Crippen LogP contribution in [0.4, 0.5) is 0 Å². The zero-order valence-corrected chi connectivity index (χ0v) is 11.9. The quantitative estimate of drug-likeness (QED) is 0.792. The van der Waals surface area contributed by atoms with Crippen molar-refractivity contribution in [3.05, 3.63) is 35.9 Å². The molecule has 0 spiro atoms. The van der Waals surface area contributed by atoms with Crippen molar-refractivity contribution >= 4 is 11.9 Å². The van der Waals surface area contributed by atoms with E-state index in [-0.39, 0.29) is 6.42 Å². The van der Waals surface area contributed by atoms with E-state index in [4.69, 9.17) is 10.00 Å². The van der Waals surface area contributed by atoms with Crippen molar-refractivity contribution in [1.29, 1.82) is 5.26 Å². The molecule has 0 fully saturated rings. The van der Waals surface area contributed by atoms with Crippen molar-refractivity contribution in [3.8, 4) is 6.07 Å². The molecule has 0 aliphatic rings. The van der Waals surface area contributed by atoms with Gasteiger partial charge in [-0.05, 0) is 5.56 Å². The summed E-state index contributed by atoms with van der Waals surface area (Å²) in [6, 6.07) is 9.57. The van der Waals surface area contributed by atoms with Crippen molar-refractivity contribution < 1.29 is 19.4 Å². The largest absolute Gasteiger partial charge is 0.480 e. The van der Waals surface area contributed by atoms with Crippen LogP contribution in [0.2, 0.25) is 0 Å². The highest BCUT2D eigenvalue weighted by Crippen LogP contribution is 2.17. The third kappa shape index (κ3) is 4.58. The van der Waals surface area contributed by atoms with Crippen molar-refractivity contribution in [2.24, 2.45) is 5.92 Å². The first-order valence-corrected chi connectivity index (χ1v) is 6.49. The number of amides is 1. The molecule has 0 aromatic heterocycles. The number of nitrogens with zero attached hydrogens (tertiary/aromatic N) is 1. The van der Waals surface area contributed by atoms with E-state index in [1.54, 1.807) is 31.2 Å². The average molecular weight is 290 g/mol. The molecular formula is C15H18N2O4. The first-order valence-electron chi connectivity index (χ1n) is 6.49.